The molecule has 1 aliphatic rings. The summed E-state index contributed by atoms with van der Waals surface area (Å²) in [5.41, 5.74) is 5.22. The maximum Gasteiger partial charge on any atom is 0.303 e. The number of benzene rings is 2. The van der Waals surface area contributed by atoms with E-state index in [-0.39, 0.29) is 24.2 Å². The molecule has 0 bridgehead atoms. The van der Waals surface area contributed by atoms with Crippen molar-refractivity contribution in [2.45, 2.75) is 51.4 Å². The molecule has 2 N–H and O–H groups in total. The fourth-order valence-corrected chi connectivity index (χ4v) is 5.37. The van der Waals surface area contributed by atoms with Gasteiger partial charge in [0.15, 0.2) is 0 Å². The van der Waals surface area contributed by atoms with Crippen LogP contribution in [0, 0.1) is 12.8 Å². The van der Waals surface area contributed by atoms with Crippen molar-refractivity contribution in [3.63, 3.8) is 0 Å². The normalized spacial score (nSPS) is 14.4. The highest BCUT2D eigenvalue weighted by Gasteiger charge is 2.32. The third-order valence-electron chi connectivity index (χ3n) is 7.08. The van der Waals surface area contributed by atoms with E-state index in [1.54, 1.807) is 25.6 Å². The minimum Gasteiger partial charge on any atom is -0.496 e. The van der Waals surface area contributed by atoms with Gasteiger partial charge in [-0.1, -0.05) is 48.7 Å². The first-order chi connectivity index (χ1) is 17.4. The van der Waals surface area contributed by atoms with Crippen LogP contribution in [0.15, 0.2) is 54.9 Å². The molecule has 1 heterocycles. The second-order valence-electron chi connectivity index (χ2n) is 9.34. The van der Waals surface area contributed by atoms with E-state index in [0.29, 0.717) is 22.9 Å². The monoisotopic (exact) mass is 506 g/mol. The molecule has 1 fully saturated rings. The van der Waals surface area contributed by atoms with Crippen LogP contribution in [0.3, 0.4) is 0 Å². The zero-order chi connectivity index (χ0) is 25.7. The highest BCUT2D eigenvalue weighted by atomic mass is 35.5. The van der Waals surface area contributed by atoms with Gasteiger partial charge >= 0.3 is 5.97 Å². The van der Waals surface area contributed by atoms with Gasteiger partial charge in [0.2, 0.25) is 5.91 Å². The number of halogens is 1. The zero-order valence-corrected chi connectivity index (χ0v) is 21.3. The number of nitrogens with zero attached hydrogens (tertiary/aromatic N) is 1. The third kappa shape index (κ3) is 5.88. The number of rotatable bonds is 9. The average molecular weight is 507 g/mol. The number of pyridine rings is 1. The van der Waals surface area contributed by atoms with Gasteiger partial charge in [0.1, 0.15) is 5.75 Å². The van der Waals surface area contributed by atoms with Crippen LogP contribution in [0.2, 0.25) is 5.02 Å². The fraction of sp³-hybridized carbons (Fsp3) is 0.345. The van der Waals surface area contributed by atoms with E-state index in [4.69, 9.17) is 21.4 Å². The van der Waals surface area contributed by atoms with Crippen LogP contribution < -0.4 is 10.1 Å². The number of carbonyl (C=O) groups is 2. The van der Waals surface area contributed by atoms with Gasteiger partial charge in [-0.3, -0.25) is 14.6 Å². The molecule has 0 radical (unpaired) electrons. The minimum absolute atomic E-state index is 0.00616. The average Bonchev–Trinajstić information content (AvgIpc) is 3.39. The molecule has 3 aromatic rings. The number of amides is 1. The quantitative estimate of drug-likeness (QED) is 0.339. The van der Waals surface area contributed by atoms with Crippen LogP contribution in [0.4, 0.5) is 5.69 Å². The Bertz CT molecular complexity index is 1240. The molecule has 0 aliphatic heterocycles. The summed E-state index contributed by atoms with van der Waals surface area (Å²) in [4.78, 5) is 29.0. The lowest BCUT2D eigenvalue weighted by atomic mass is 9.83. The first kappa shape index (κ1) is 25.7. The van der Waals surface area contributed by atoms with Gasteiger partial charge < -0.3 is 15.2 Å². The number of aromatic nitrogens is 1. The van der Waals surface area contributed by atoms with Crippen molar-refractivity contribution in [3.05, 3.63) is 76.6 Å². The SMILES string of the molecule is COc1ccc(NC(=O)C(c2ccc(-c3cncc(Cl)c3)cc2)C2CCCC2)c(C)c1CCC(=O)O. The second kappa shape index (κ2) is 11.6. The Hall–Kier alpha value is -3.38. The molecule has 6 nitrogen and oxygen atoms in total. The molecule has 4 rings (SSSR count). The molecular weight excluding hydrogens is 476 g/mol. The maximum absolute atomic E-state index is 13.7. The predicted octanol–water partition coefficient (Wildman–Crippen LogP) is 6.65. The largest absolute Gasteiger partial charge is 0.496 e. The number of hydrogen-bond acceptors (Lipinski definition) is 4. The lowest BCUT2D eigenvalue weighted by molar-refractivity contribution is -0.137. The number of ether oxygens (including phenoxy) is 1. The van der Waals surface area contributed by atoms with Gasteiger partial charge in [0.25, 0.3) is 0 Å². The molecule has 1 atom stereocenters. The Kier molecular flexibility index (Phi) is 8.26. The number of aliphatic carboxylic acids is 1. The number of carboxylic acids is 1. The van der Waals surface area contributed by atoms with E-state index >= 15 is 0 Å². The van der Waals surface area contributed by atoms with Crippen molar-refractivity contribution >= 4 is 29.2 Å². The standard InChI is InChI=1S/C29H31ClN2O4/c1-18-24(11-14-27(33)34)26(36-2)13-12-25(18)32-29(35)28(20-5-3-4-6-20)21-9-7-19(8-10-21)22-15-23(30)17-31-16-22/h7-10,12-13,15-17,20,28H,3-6,11,14H2,1-2H3,(H,32,35)(H,33,34). The number of carboxylic acid groups (broad SMARTS) is 1. The van der Waals surface area contributed by atoms with Gasteiger partial charge in [0.05, 0.1) is 18.1 Å². The van der Waals surface area contributed by atoms with Crippen LogP contribution in [0.25, 0.3) is 11.1 Å². The van der Waals surface area contributed by atoms with E-state index in [1.807, 2.05) is 43.3 Å². The van der Waals surface area contributed by atoms with Crippen LogP contribution in [0.1, 0.15) is 54.7 Å². The van der Waals surface area contributed by atoms with Gasteiger partial charge in [-0.15, -0.1) is 0 Å². The molecule has 2 aromatic carbocycles. The Morgan fingerprint density at radius 1 is 1.11 bits per heavy atom. The van der Waals surface area contributed by atoms with Crippen LogP contribution in [-0.4, -0.2) is 29.1 Å². The van der Waals surface area contributed by atoms with Crippen LogP contribution in [-0.2, 0) is 16.0 Å². The van der Waals surface area contributed by atoms with Crippen molar-refractivity contribution in [1.82, 2.24) is 4.98 Å². The maximum atomic E-state index is 13.7. The lowest BCUT2D eigenvalue weighted by Crippen LogP contribution is -2.27. The smallest absolute Gasteiger partial charge is 0.303 e. The molecule has 36 heavy (non-hydrogen) atoms. The van der Waals surface area contributed by atoms with Crippen molar-refractivity contribution in [2.75, 3.05) is 12.4 Å². The number of anilines is 1. The number of methoxy groups -OCH3 is 1. The molecule has 0 spiro atoms. The first-order valence-corrected chi connectivity index (χ1v) is 12.6. The molecule has 1 saturated carbocycles. The van der Waals surface area contributed by atoms with Crippen molar-refractivity contribution in [3.8, 4) is 16.9 Å². The fourth-order valence-electron chi connectivity index (χ4n) is 5.19. The summed E-state index contributed by atoms with van der Waals surface area (Å²) in [6.07, 6.45) is 7.99. The van der Waals surface area contributed by atoms with E-state index in [9.17, 15) is 9.59 Å². The van der Waals surface area contributed by atoms with E-state index in [2.05, 4.69) is 10.3 Å². The summed E-state index contributed by atoms with van der Waals surface area (Å²) in [6.45, 7) is 1.90. The Morgan fingerprint density at radius 3 is 2.47 bits per heavy atom. The highest BCUT2D eigenvalue weighted by molar-refractivity contribution is 6.30. The molecule has 1 aliphatic carbocycles. The van der Waals surface area contributed by atoms with Gasteiger partial charge in [0, 0.05) is 30.1 Å². The van der Waals surface area contributed by atoms with E-state index in [0.717, 1.165) is 53.5 Å². The molecule has 1 amide bonds. The summed E-state index contributed by atoms with van der Waals surface area (Å²) in [5.74, 6) is -0.289. The number of carbonyl (C=O) groups excluding carboxylic acids is 1. The summed E-state index contributed by atoms with van der Waals surface area (Å²) >= 11 is 6.11. The Labute approximate surface area is 216 Å². The summed E-state index contributed by atoms with van der Waals surface area (Å²) in [7, 11) is 1.57. The van der Waals surface area contributed by atoms with E-state index in [1.165, 1.54) is 0 Å². The Balaban J connectivity index is 1.61. The summed E-state index contributed by atoms with van der Waals surface area (Å²) in [6, 6.07) is 13.6. The summed E-state index contributed by atoms with van der Waals surface area (Å²) < 4.78 is 5.45. The molecule has 0 saturated heterocycles. The lowest BCUT2D eigenvalue weighted by Gasteiger charge is -2.24. The second-order valence-corrected chi connectivity index (χ2v) is 9.77. The highest BCUT2D eigenvalue weighted by Crippen LogP contribution is 2.39. The zero-order valence-electron chi connectivity index (χ0n) is 20.6. The number of hydrogen-bond donors (Lipinski definition) is 2. The van der Waals surface area contributed by atoms with Crippen molar-refractivity contribution in [1.29, 1.82) is 0 Å². The topological polar surface area (TPSA) is 88.5 Å². The molecule has 7 heteroatoms. The Morgan fingerprint density at radius 2 is 1.83 bits per heavy atom. The molecule has 1 unspecified atom stereocenters. The molecule has 1 aromatic heterocycles. The molecular formula is C29H31ClN2O4. The van der Waals surface area contributed by atoms with Crippen LogP contribution >= 0.6 is 11.6 Å². The van der Waals surface area contributed by atoms with Crippen molar-refractivity contribution in [2.24, 2.45) is 5.92 Å². The third-order valence-corrected chi connectivity index (χ3v) is 7.29. The molecule has 188 valence electrons. The van der Waals surface area contributed by atoms with Gasteiger partial charge in [-0.25, -0.2) is 0 Å². The number of nitrogens with one attached hydrogen (secondary N) is 1. The van der Waals surface area contributed by atoms with E-state index < -0.39 is 5.97 Å². The summed E-state index contributed by atoms with van der Waals surface area (Å²) in [5, 5.41) is 12.9. The van der Waals surface area contributed by atoms with Gasteiger partial charge in [-0.05, 0) is 72.6 Å². The van der Waals surface area contributed by atoms with Crippen LogP contribution in [0.5, 0.6) is 5.75 Å². The van der Waals surface area contributed by atoms with Crippen molar-refractivity contribution < 1.29 is 19.4 Å². The predicted molar refractivity (Wildman–Crippen MR) is 142 cm³/mol. The first-order valence-electron chi connectivity index (χ1n) is 12.3. The minimum atomic E-state index is -0.871. The van der Waals surface area contributed by atoms with Gasteiger partial charge in [-0.2, -0.15) is 0 Å².